The lowest BCUT2D eigenvalue weighted by molar-refractivity contribution is -0.0418. The van der Waals surface area contributed by atoms with Gasteiger partial charge in [0.05, 0.1) is 11.0 Å². The predicted molar refractivity (Wildman–Crippen MR) is 84.6 cm³/mol. The molecule has 0 bridgehead atoms. The predicted octanol–water partition coefficient (Wildman–Crippen LogP) is 1.77. The van der Waals surface area contributed by atoms with Gasteiger partial charge in [0.2, 0.25) is 5.95 Å². The Balaban J connectivity index is 2.06. The number of hydrogen-bond acceptors (Lipinski definition) is 5. The van der Waals surface area contributed by atoms with Gasteiger partial charge < -0.3 is 10.8 Å². The van der Waals surface area contributed by atoms with E-state index in [4.69, 9.17) is 5.73 Å². The maximum absolute atomic E-state index is 12.6. The highest BCUT2D eigenvalue weighted by Gasteiger charge is 2.29. The van der Waals surface area contributed by atoms with Gasteiger partial charge in [-0.25, -0.2) is 18.7 Å². The molecule has 3 aromatic rings. The molecule has 0 aliphatic carbocycles. The van der Waals surface area contributed by atoms with Crippen molar-refractivity contribution in [1.29, 1.82) is 0 Å². The van der Waals surface area contributed by atoms with Gasteiger partial charge in [0, 0.05) is 11.8 Å². The number of alkyl halides is 2. The van der Waals surface area contributed by atoms with Crippen molar-refractivity contribution >= 4 is 17.0 Å². The van der Waals surface area contributed by atoms with Crippen molar-refractivity contribution in [3.8, 4) is 17.7 Å². The molecule has 0 spiro atoms. The number of nitrogen functional groups attached to an aromatic ring is 1. The fraction of sp³-hybridized carbons (Fsp3) is 0.188. The minimum Gasteiger partial charge on any atom is -0.372 e. The lowest BCUT2D eigenvalue weighted by Crippen LogP contribution is -2.31. The Morgan fingerprint density at radius 1 is 1.29 bits per heavy atom. The third-order valence-electron chi connectivity index (χ3n) is 3.34. The van der Waals surface area contributed by atoms with Crippen molar-refractivity contribution in [2.75, 3.05) is 5.73 Å². The van der Waals surface area contributed by atoms with Crippen LogP contribution in [-0.4, -0.2) is 36.7 Å². The molecule has 8 heteroatoms. The van der Waals surface area contributed by atoms with Crippen LogP contribution >= 0.6 is 0 Å². The van der Waals surface area contributed by atoms with E-state index in [1.54, 1.807) is 35.2 Å². The number of fused-ring (bicyclic) bond motifs is 1. The van der Waals surface area contributed by atoms with Crippen LogP contribution in [0.15, 0.2) is 36.8 Å². The largest absolute Gasteiger partial charge is 0.372 e. The molecule has 24 heavy (non-hydrogen) atoms. The lowest BCUT2D eigenvalue weighted by Gasteiger charge is -2.13. The van der Waals surface area contributed by atoms with Gasteiger partial charge in [-0.05, 0) is 31.2 Å². The molecule has 122 valence electrons. The number of nitrogens with zero attached hydrogens (tertiary/aromatic N) is 4. The van der Waals surface area contributed by atoms with Crippen LogP contribution < -0.4 is 5.73 Å². The summed E-state index contributed by atoms with van der Waals surface area (Å²) >= 11 is 0. The molecular weight excluding hydrogens is 316 g/mol. The first kappa shape index (κ1) is 15.8. The highest BCUT2D eigenvalue weighted by atomic mass is 19.3. The number of rotatable bonds is 2. The van der Waals surface area contributed by atoms with Gasteiger partial charge in [-0.15, -0.1) is 0 Å². The number of benzene rings is 1. The minimum atomic E-state index is -2.96. The van der Waals surface area contributed by atoms with Crippen LogP contribution in [-0.2, 0) is 0 Å². The molecule has 3 N–H and O–H groups in total. The fourth-order valence-electron chi connectivity index (χ4n) is 2.02. The number of halogens is 2. The Kier molecular flexibility index (Phi) is 3.87. The Morgan fingerprint density at radius 3 is 2.79 bits per heavy atom. The number of anilines is 1. The molecule has 0 radical (unpaired) electrons. The van der Waals surface area contributed by atoms with Gasteiger partial charge in [0.25, 0.3) is 6.43 Å². The molecule has 0 fully saturated rings. The molecule has 0 aliphatic heterocycles. The summed E-state index contributed by atoms with van der Waals surface area (Å²) in [6.07, 6.45) is 0.134. The maximum Gasteiger partial charge on any atom is 0.277 e. The van der Waals surface area contributed by atoms with Crippen molar-refractivity contribution in [1.82, 2.24) is 19.5 Å². The third kappa shape index (κ3) is 3.02. The molecule has 1 aromatic carbocycles. The number of aromatic nitrogens is 4. The Labute approximate surface area is 136 Å². The monoisotopic (exact) mass is 329 g/mol. The van der Waals surface area contributed by atoms with Crippen molar-refractivity contribution in [3.05, 3.63) is 42.4 Å². The van der Waals surface area contributed by atoms with E-state index in [0.717, 1.165) is 6.92 Å². The summed E-state index contributed by atoms with van der Waals surface area (Å²) in [6.45, 7) is 0.969. The van der Waals surface area contributed by atoms with Crippen LogP contribution in [0.25, 0.3) is 16.9 Å². The van der Waals surface area contributed by atoms with Crippen molar-refractivity contribution in [2.45, 2.75) is 19.0 Å². The van der Waals surface area contributed by atoms with Crippen LogP contribution in [0.1, 0.15) is 12.5 Å². The van der Waals surface area contributed by atoms with Crippen LogP contribution in [0.3, 0.4) is 0 Å². The summed E-state index contributed by atoms with van der Waals surface area (Å²) in [7, 11) is 0. The van der Waals surface area contributed by atoms with E-state index in [2.05, 4.69) is 26.8 Å². The molecule has 0 saturated carbocycles. The first-order chi connectivity index (χ1) is 11.4. The highest BCUT2D eigenvalue weighted by molar-refractivity contribution is 5.78. The summed E-state index contributed by atoms with van der Waals surface area (Å²) < 4.78 is 27.0. The Bertz CT molecular complexity index is 956. The zero-order valence-corrected chi connectivity index (χ0v) is 12.6. The van der Waals surface area contributed by atoms with E-state index in [9.17, 15) is 13.9 Å². The van der Waals surface area contributed by atoms with Crippen LogP contribution in [0.2, 0.25) is 0 Å². The first-order valence-corrected chi connectivity index (χ1v) is 6.96. The maximum atomic E-state index is 12.6. The molecule has 0 aliphatic rings. The standard InChI is InChI=1S/C16H13F2N5O/c1-16(24,14(17)18)6-4-10-2-3-11-12(8-10)23(9-21-11)13-5-7-20-15(19)22-13/h2-3,5,7-9,14,24H,1H3,(H2,19,20,22). The highest BCUT2D eigenvalue weighted by Crippen LogP contribution is 2.19. The number of aliphatic hydroxyl groups is 1. The molecule has 1 unspecified atom stereocenters. The quantitative estimate of drug-likeness (QED) is 0.699. The molecule has 6 nitrogen and oxygen atoms in total. The molecule has 0 saturated heterocycles. The van der Waals surface area contributed by atoms with E-state index in [0.29, 0.717) is 22.4 Å². The van der Waals surface area contributed by atoms with Crippen LogP contribution in [0.4, 0.5) is 14.7 Å². The molecular formula is C16H13F2N5O. The number of nitrogens with two attached hydrogens (primary N) is 1. The average Bonchev–Trinajstić information content (AvgIpc) is 2.96. The minimum absolute atomic E-state index is 0.123. The zero-order valence-electron chi connectivity index (χ0n) is 12.6. The van der Waals surface area contributed by atoms with E-state index >= 15 is 0 Å². The Morgan fingerprint density at radius 2 is 2.08 bits per heavy atom. The van der Waals surface area contributed by atoms with Gasteiger partial charge in [-0.2, -0.15) is 4.98 Å². The smallest absolute Gasteiger partial charge is 0.277 e. The SMILES string of the molecule is CC(O)(C#Cc1ccc2ncn(-c3ccnc(N)n3)c2c1)C(F)F. The molecule has 2 aromatic heterocycles. The van der Waals surface area contributed by atoms with Gasteiger partial charge in [-0.1, -0.05) is 11.8 Å². The lowest BCUT2D eigenvalue weighted by atomic mass is 10.1. The number of hydrogen-bond donors (Lipinski definition) is 2. The van der Waals surface area contributed by atoms with Crippen LogP contribution in [0, 0.1) is 11.8 Å². The van der Waals surface area contributed by atoms with Crippen LogP contribution in [0.5, 0.6) is 0 Å². The first-order valence-electron chi connectivity index (χ1n) is 6.96. The molecule has 0 amide bonds. The third-order valence-corrected chi connectivity index (χ3v) is 3.34. The van der Waals surface area contributed by atoms with Crippen molar-refractivity contribution < 1.29 is 13.9 Å². The van der Waals surface area contributed by atoms with E-state index in [1.165, 1.54) is 6.20 Å². The van der Waals surface area contributed by atoms with E-state index in [-0.39, 0.29) is 5.95 Å². The summed E-state index contributed by atoms with van der Waals surface area (Å²) in [6, 6.07) is 6.69. The summed E-state index contributed by atoms with van der Waals surface area (Å²) in [5.74, 6) is 5.39. The van der Waals surface area contributed by atoms with Gasteiger partial charge in [-0.3, -0.25) is 4.57 Å². The van der Waals surface area contributed by atoms with Gasteiger partial charge >= 0.3 is 0 Å². The second-order valence-electron chi connectivity index (χ2n) is 5.29. The molecule has 3 rings (SSSR count). The summed E-state index contributed by atoms with van der Waals surface area (Å²) in [4.78, 5) is 12.2. The normalized spacial score (nSPS) is 13.5. The van der Waals surface area contributed by atoms with E-state index < -0.39 is 12.0 Å². The second-order valence-corrected chi connectivity index (χ2v) is 5.29. The van der Waals surface area contributed by atoms with E-state index in [1.807, 2.05) is 0 Å². The van der Waals surface area contributed by atoms with Gasteiger partial charge in [0.15, 0.2) is 5.60 Å². The molecule has 2 heterocycles. The average molecular weight is 329 g/mol. The van der Waals surface area contributed by atoms with Crippen molar-refractivity contribution in [2.24, 2.45) is 0 Å². The summed E-state index contributed by atoms with van der Waals surface area (Å²) in [5.41, 5.74) is 5.04. The molecule has 1 atom stereocenters. The second kappa shape index (κ2) is 5.86. The fourth-order valence-corrected chi connectivity index (χ4v) is 2.02. The summed E-state index contributed by atoms with van der Waals surface area (Å²) in [5, 5.41) is 9.52. The van der Waals surface area contributed by atoms with Crippen molar-refractivity contribution in [3.63, 3.8) is 0 Å². The Hall–Kier alpha value is -3.05. The zero-order chi connectivity index (χ0) is 17.3. The topological polar surface area (TPSA) is 89.9 Å². The van der Waals surface area contributed by atoms with Gasteiger partial charge in [0.1, 0.15) is 12.1 Å². The number of imidazole rings is 1.